The summed E-state index contributed by atoms with van der Waals surface area (Å²) in [6.07, 6.45) is 3.35. The van der Waals surface area contributed by atoms with Gasteiger partial charge in [-0.05, 0) is 74.8 Å². The average molecular weight is 683 g/mol. The first-order chi connectivity index (χ1) is 23.6. The van der Waals surface area contributed by atoms with Crippen LogP contribution >= 0.6 is 0 Å². The van der Waals surface area contributed by atoms with Gasteiger partial charge in [0.1, 0.15) is 0 Å². The highest BCUT2D eigenvalue weighted by atomic mass is 28.4. The van der Waals surface area contributed by atoms with Crippen molar-refractivity contribution >= 4 is 37.3 Å². The van der Waals surface area contributed by atoms with Crippen molar-refractivity contribution in [2.24, 2.45) is 5.92 Å². The number of amides is 2. The Morgan fingerprint density at radius 1 is 1.14 bits per heavy atom. The monoisotopic (exact) mass is 682 g/mol. The van der Waals surface area contributed by atoms with Gasteiger partial charge in [0, 0.05) is 41.1 Å². The molecule has 1 aromatic heterocycles. The third-order valence-electron chi connectivity index (χ3n) is 10.5. The van der Waals surface area contributed by atoms with E-state index in [9.17, 15) is 14.7 Å². The lowest BCUT2D eigenvalue weighted by atomic mass is 9.82. The molecule has 4 aromatic rings. The molecule has 1 spiro atoms. The molecule has 6 atom stereocenters. The number of hydrogen-bond donors (Lipinski definition) is 3. The third kappa shape index (κ3) is 6.00. The van der Waals surface area contributed by atoms with Gasteiger partial charge < -0.3 is 24.6 Å². The summed E-state index contributed by atoms with van der Waals surface area (Å²) < 4.78 is 25.1. The van der Waals surface area contributed by atoms with Crippen LogP contribution in [0, 0.1) is 5.92 Å². The van der Waals surface area contributed by atoms with Crippen LogP contribution in [0.1, 0.15) is 48.9 Å². The molecule has 3 aliphatic heterocycles. The number of aliphatic hydroxyl groups is 1. The highest BCUT2D eigenvalue weighted by molar-refractivity contribution is 6.72. The summed E-state index contributed by atoms with van der Waals surface area (Å²) in [4.78, 5) is 29.6. The smallest absolute Gasteiger partial charge is 0.268 e. The van der Waals surface area contributed by atoms with Gasteiger partial charge in [0.05, 0.1) is 36.1 Å². The van der Waals surface area contributed by atoms with Crippen molar-refractivity contribution in [2.45, 2.75) is 75.0 Å². The van der Waals surface area contributed by atoms with Crippen molar-refractivity contribution in [3.05, 3.63) is 102 Å². The number of rotatable bonds is 10. The number of halogens is 1. The zero-order valence-electron chi connectivity index (χ0n) is 28.1. The van der Waals surface area contributed by atoms with Crippen LogP contribution in [0.3, 0.4) is 0 Å². The number of benzene rings is 3. The Labute approximate surface area is 286 Å². The summed E-state index contributed by atoms with van der Waals surface area (Å²) in [6.45, 7) is 6.38. The zero-order valence-corrected chi connectivity index (χ0v) is 29.1. The van der Waals surface area contributed by atoms with E-state index in [0.29, 0.717) is 41.3 Å². The van der Waals surface area contributed by atoms with Crippen LogP contribution in [-0.4, -0.2) is 65.6 Å². The number of aliphatic hydroxyl groups excluding tert-OH is 1. The molecule has 0 bridgehead atoms. The van der Waals surface area contributed by atoms with Crippen LogP contribution in [-0.2, 0) is 26.5 Å². The average Bonchev–Trinajstić information content (AvgIpc) is 3.89. The number of aryl methyl sites for hydroxylation is 1. The molecule has 1 unspecified atom stereocenters. The quantitative estimate of drug-likeness (QED) is 0.146. The van der Waals surface area contributed by atoms with Crippen molar-refractivity contribution in [1.82, 2.24) is 20.3 Å². The summed E-state index contributed by atoms with van der Waals surface area (Å²) in [7, 11) is -3.41. The lowest BCUT2D eigenvalue weighted by molar-refractivity contribution is -0.145. The summed E-state index contributed by atoms with van der Waals surface area (Å²) in [6, 6.07) is 24.3. The van der Waals surface area contributed by atoms with E-state index in [4.69, 9.17) is 4.74 Å². The lowest BCUT2D eigenvalue weighted by Gasteiger charge is -2.31. The maximum Gasteiger partial charge on any atom is 0.268 e. The first kappa shape index (κ1) is 33.3. The summed E-state index contributed by atoms with van der Waals surface area (Å²) in [5.74, 6) is -1.19. The molecule has 3 aliphatic rings. The topological polar surface area (TPSA) is 122 Å². The van der Waals surface area contributed by atoms with Gasteiger partial charge in [-0.3, -0.25) is 19.2 Å². The number of para-hydroxylation sites is 1. The normalized spacial score (nSPS) is 25.6. The Kier molecular flexibility index (Phi) is 8.99. The van der Waals surface area contributed by atoms with E-state index in [2.05, 4.69) is 20.9 Å². The standard InChI is InChI=1S/C37H43FN6O4Si/c1-24-34(49(2,3)38)33(18-20-43-22-31(41-42-43)28(23-45)25-11-6-4-7-12-25)48-37(24)29-21-26(40-35(46)30-15-10-19-39-30)16-17-32(29)44(36(37)47)27-13-8-5-9-14-27/h4-9,11-14,16-17,21-22,24,28,30,33-34,39,45H,10,15,18-20,23H2,1-3H3,(H,40,46)/t24-,28?,30+,33+,34-,37+/m0/s1. The van der Waals surface area contributed by atoms with E-state index >= 15 is 4.11 Å². The predicted molar refractivity (Wildman–Crippen MR) is 188 cm³/mol. The minimum absolute atomic E-state index is 0.114. The van der Waals surface area contributed by atoms with Gasteiger partial charge in [-0.1, -0.05) is 60.7 Å². The van der Waals surface area contributed by atoms with E-state index in [-0.39, 0.29) is 30.4 Å². The van der Waals surface area contributed by atoms with E-state index in [1.807, 2.05) is 92.0 Å². The molecule has 3 N–H and O–H groups in total. The van der Waals surface area contributed by atoms with Gasteiger partial charge in [0.2, 0.25) is 14.3 Å². The van der Waals surface area contributed by atoms with Gasteiger partial charge in [-0.25, -0.2) is 0 Å². The minimum Gasteiger partial charge on any atom is -0.395 e. The number of hydrogen-bond acceptors (Lipinski definition) is 7. The first-order valence-electron chi connectivity index (χ1n) is 17.1. The highest BCUT2D eigenvalue weighted by Crippen LogP contribution is 2.61. The fraction of sp³-hybridized carbons (Fsp3) is 0.405. The Bertz CT molecular complexity index is 1810. The van der Waals surface area contributed by atoms with Crippen LogP contribution in [0.5, 0.6) is 0 Å². The number of nitrogens with zero attached hydrogens (tertiary/aromatic N) is 4. The largest absolute Gasteiger partial charge is 0.395 e. The molecular formula is C37H43FN6O4Si. The number of carbonyl (C=O) groups excluding carboxylic acids is 2. The Balaban J connectivity index is 1.22. The van der Waals surface area contributed by atoms with Crippen molar-refractivity contribution in [3.63, 3.8) is 0 Å². The van der Waals surface area contributed by atoms with E-state index in [0.717, 1.165) is 24.9 Å². The van der Waals surface area contributed by atoms with Crippen LogP contribution < -0.4 is 15.5 Å². The van der Waals surface area contributed by atoms with Crippen molar-refractivity contribution < 1.29 is 23.5 Å². The molecule has 12 heteroatoms. The van der Waals surface area contributed by atoms with Crippen molar-refractivity contribution in [2.75, 3.05) is 23.4 Å². The second-order valence-corrected chi connectivity index (χ2v) is 17.8. The molecule has 49 heavy (non-hydrogen) atoms. The summed E-state index contributed by atoms with van der Waals surface area (Å²) in [5.41, 5.74) is 2.18. The number of anilines is 3. The SMILES string of the molecule is C[C@H]1[C@H]([Si](C)(C)F)[C@@H](CCn2cc(C(CO)c3ccccc3)nn2)O[C@]12C(=O)N(c1ccccc1)c1ccc(NC(=O)[C@H]3CCCN3)cc12. The number of aromatic nitrogens is 3. The molecule has 0 saturated carbocycles. The molecule has 3 aromatic carbocycles. The fourth-order valence-corrected chi connectivity index (χ4v) is 10.7. The number of ether oxygens (including phenoxy) is 1. The Morgan fingerprint density at radius 3 is 2.55 bits per heavy atom. The number of nitrogens with one attached hydrogen (secondary N) is 2. The number of fused-ring (bicyclic) bond motifs is 2. The van der Waals surface area contributed by atoms with E-state index in [1.165, 1.54) is 0 Å². The van der Waals surface area contributed by atoms with Gasteiger partial charge in [-0.15, -0.1) is 5.10 Å². The maximum atomic E-state index is 16.5. The van der Waals surface area contributed by atoms with E-state index < -0.39 is 31.6 Å². The van der Waals surface area contributed by atoms with Crippen LogP contribution in [0.2, 0.25) is 18.6 Å². The zero-order chi connectivity index (χ0) is 34.3. The van der Waals surface area contributed by atoms with Gasteiger partial charge >= 0.3 is 0 Å². The maximum absolute atomic E-state index is 16.5. The molecule has 2 fully saturated rings. The second kappa shape index (κ2) is 13.2. The fourth-order valence-electron chi connectivity index (χ4n) is 8.19. The Morgan fingerprint density at radius 2 is 1.88 bits per heavy atom. The summed E-state index contributed by atoms with van der Waals surface area (Å²) >= 11 is 0. The minimum atomic E-state index is -3.41. The highest BCUT2D eigenvalue weighted by Gasteiger charge is 2.67. The van der Waals surface area contributed by atoms with Gasteiger partial charge in [0.15, 0.2) is 5.60 Å². The summed E-state index contributed by atoms with van der Waals surface area (Å²) in [5, 5.41) is 25.1. The molecule has 2 amide bonds. The van der Waals surface area contributed by atoms with Crippen LogP contribution in [0.4, 0.5) is 21.2 Å². The molecule has 10 nitrogen and oxygen atoms in total. The molecule has 7 rings (SSSR count). The molecule has 2 saturated heterocycles. The lowest BCUT2D eigenvalue weighted by Crippen LogP contribution is -2.44. The van der Waals surface area contributed by atoms with Gasteiger partial charge in [0.25, 0.3) is 5.91 Å². The number of carbonyl (C=O) groups is 2. The molecule has 0 aliphatic carbocycles. The van der Waals surface area contributed by atoms with E-state index in [1.54, 1.807) is 22.7 Å². The molecular weight excluding hydrogens is 640 g/mol. The first-order valence-corrected chi connectivity index (χ1v) is 20.1. The van der Waals surface area contributed by atoms with Crippen molar-refractivity contribution in [3.8, 4) is 0 Å². The Hall–Kier alpha value is -4.23. The predicted octanol–water partition coefficient (Wildman–Crippen LogP) is 5.64. The molecule has 0 radical (unpaired) electrons. The van der Waals surface area contributed by atoms with Gasteiger partial charge in [-0.2, -0.15) is 0 Å². The van der Waals surface area contributed by atoms with Crippen molar-refractivity contribution in [1.29, 1.82) is 0 Å². The molecule has 4 heterocycles. The van der Waals surface area contributed by atoms with Crippen LogP contribution in [0.15, 0.2) is 85.1 Å². The second-order valence-electron chi connectivity index (χ2n) is 14.0. The van der Waals surface area contributed by atoms with Crippen LogP contribution in [0.25, 0.3) is 0 Å². The third-order valence-corrected chi connectivity index (χ3v) is 12.9. The molecule has 256 valence electrons.